The molecule has 1 aromatic heterocycles. The minimum Gasteiger partial charge on any atom is -0.362 e. The molecule has 4 aromatic rings. The summed E-state index contributed by atoms with van der Waals surface area (Å²) in [5.74, 6) is -0.243. The van der Waals surface area contributed by atoms with Gasteiger partial charge in [0.2, 0.25) is 5.72 Å². The number of rotatable bonds is 2. The Hall–Kier alpha value is -3.44. The minimum absolute atomic E-state index is 0.243. The Labute approximate surface area is 149 Å². The van der Waals surface area contributed by atoms with Crippen LogP contribution in [0.25, 0.3) is 10.9 Å². The van der Waals surface area contributed by atoms with Gasteiger partial charge < -0.3 is 5.11 Å². The highest BCUT2D eigenvalue weighted by Crippen LogP contribution is 2.45. The molecule has 1 amide bonds. The largest absolute Gasteiger partial charge is 0.362 e. The molecule has 5 heteroatoms. The topological polar surface area (TPSA) is 69.2 Å². The molecule has 126 valence electrons. The van der Waals surface area contributed by atoms with Crippen molar-refractivity contribution in [2.45, 2.75) is 5.72 Å². The molecule has 0 saturated heterocycles. The molecule has 1 aliphatic heterocycles. The SMILES string of the molecule is O=C1c2ccccc2C(O)(c2[nH]nc3ccccc23)N1c1ccccc1. The molecule has 2 heterocycles. The van der Waals surface area contributed by atoms with Crippen LogP contribution in [0, 0.1) is 0 Å². The Balaban J connectivity index is 1.84. The van der Waals surface area contributed by atoms with Crippen LogP contribution in [0.2, 0.25) is 0 Å². The van der Waals surface area contributed by atoms with Gasteiger partial charge in [0, 0.05) is 22.2 Å². The van der Waals surface area contributed by atoms with Crippen molar-refractivity contribution in [2.24, 2.45) is 0 Å². The summed E-state index contributed by atoms with van der Waals surface area (Å²) in [5.41, 5.74) is 1.21. The number of carbonyl (C=O) groups excluding carboxylic acids is 1. The molecular weight excluding hydrogens is 326 g/mol. The van der Waals surface area contributed by atoms with Crippen molar-refractivity contribution in [2.75, 3.05) is 4.90 Å². The van der Waals surface area contributed by atoms with Gasteiger partial charge in [0.15, 0.2) is 0 Å². The van der Waals surface area contributed by atoms with Crippen LogP contribution in [-0.2, 0) is 5.72 Å². The maximum absolute atomic E-state index is 13.2. The second-order valence-corrected chi connectivity index (χ2v) is 6.31. The standard InChI is InChI=1S/C21H15N3O2/c25-20-15-10-4-6-12-17(15)21(26,24(20)14-8-2-1-3-9-14)19-16-11-5-7-13-18(16)22-23-19/h1-13,26H,(H,22,23). The number of amides is 1. The summed E-state index contributed by atoms with van der Waals surface area (Å²) in [6.07, 6.45) is 0. The lowest BCUT2D eigenvalue weighted by atomic mass is 9.95. The number of fused-ring (bicyclic) bond motifs is 2. The summed E-state index contributed by atoms with van der Waals surface area (Å²) in [5, 5.41) is 20.0. The van der Waals surface area contributed by atoms with Crippen molar-refractivity contribution >= 4 is 22.5 Å². The lowest BCUT2D eigenvalue weighted by Crippen LogP contribution is -2.45. The molecule has 5 nitrogen and oxygen atoms in total. The molecule has 26 heavy (non-hydrogen) atoms. The third-order valence-electron chi connectivity index (χ3n) is 4.88. The maximum atomic E-state index is 13.2. The van der Waals surface area contributed by atoms with Crippen LogP contribution in [0.15, 0.2) is 78.9 Å². The van der Waals surface area contributed by atoms with E-state index in [9.17, 15) is 9.90 Å². The van der Waals surface area contributed by atoms with Crippen LogP contribution in [0.5, 0.6) is 0 Å². The predicted octanol–water partition coefficient (Wildman–Crippen LogP) is 3.42. The predicted molar refractivity (Wildman–Crippen MR) is 98.8 cm³/mol. The molecule has 0 fully saturated rings. The van der Waals surface area contributed by atoms with Crippen LogP contribution in [0.3, 0.4) is 0 Å². The fourth-order valence-corrected chi connectivity index (χ4v) is 3.71. The van der Waals surface area contributed by atoms with Crippen molar-refractivity contribution in [3.05, 3.63) is 95.7 Å². The Morgan fingerprint density at radius 2 is 1.58 bits per heavy atom. The Bertz CT molecular complexity index is 1140. The van der Waals surface area contributed by atoms with Gasteiger partial charge in [0.1, 0.15) is 5.69 Å². The zero-order chi connectivity index (χ0) is 17.7. The van der Waals surface area contributed by atoms with E-state index < -0.39 is 5.72 Å². The molecule has 1 aliphatic rings. The molecule has 2 N–H and O–H groups in total. The average Bonchev–Trinajstić information content (AvgIpc) is 3.22. The number of nitrogens with one attached hydrogen (secondary N) is 1. The monoisotopic (exact) mass is 341 g/mol. The summed E-state index contributed by atoms with van der Waals surface area (Å²) in [6, 6.07) is 23.9. The second-order valence-electron chi connectivity index (χ2n) is 6.31. The fraction of sp³-hybridized carbons (Fsp3) is 0.0476. The maximum Gasteiger partial charge on any atom is 0.261 e. The van der Waals surface area contributed by atoms with E-state index >= 15 is 0 Å². The lowest BCUT2D eigenvalue weighted by Gasteiger charge is -2.33. The third-order valence-corrected chi connectivity index (χ3v) is 4.88. The van der Waals surface area contributed by atoms with Crippen LogP contribution >= 0.6 is 0 Å². The lowest BCUT2D eigenvalue weighted by molar-refractivity contribution is 0.0685. The molecule has 0 aliphatic carbocycles. The first-order valence-corrected chi connectivity index (χ1v) is 8.36. The zero-order valence-electron chi connectivity index (χ0n) is 13.8. The van der Waals surface area contributed by atoms with Crippen LogP contribution < -0.4 is 4.90 Å². The van der Waals surface area contributed by atoms with Gasteiger partial charge in [-0.15, -0.1) is 0 Å². The number of aromatic amines is 1. The number of aliphatic hydroxyl groups is 1. The van der Waals surface area contributed by atoms with Gasteiger partial charge in [-0.2, -0.15) is 5.10 Å². The van der Waals surface area contributed by atoms with Gasteiger partial charge in [-0.25, -0.2) is 0 Å². The van der Waals surface area contributed by atoms with Crippen LogP contribution in [-0.4, -0.2) is 21.2 Å². The number of benzene rings is 3. The molecule has 1 unspecified atom stereocenters. The minimum atomic E-state index is -1.66. The van der Waals surface area contributed by atoms with Gasteiger partial charge in [0.25, 0.3) is 5.91 Å². The molecule has 0 radical (unpaired) electrons. The van der Waals surface area contributed by atoms with Gasteiger partial charge in [-0.3, -0.25) is 14.8 Å². The normalized spacial score (nSPS) is 19.1. The van der Waals surface area contributed by atoms with Gasteiger partial charge in [-0.05, 0) is 24.3 Å². The van der Waals surface area contributed by atoms with Crippen molar-refractivity contribution < 1.29 is 9.90 Å². The van der Waals surface area contributed by atoms with E-state index in [2.05, 4.69) is 10.2 Å². The quantitative estimate of drug-likeness (QED) is 0.587. The third kappa shape index (κ3) is 1.83. The smallest absolute Gasteiger partial charge is 0.261 e. The number of hydrogen-bond acceptors (Lipinski definition) is 3. The summed E-state index contributed by atoms with van der Waals surface area (Å²) in [6.45, 7) is 0. The van der Waals surface area contributed by atoms with Crippen LogP contribution in [0.1, 0.15) is 21.6 Å². The number of para-hydroxylation sites is 2. The van der Waals surface area contributed by atoms with Crippen LogP contribution in [0.4, 0.5) is 5.69 Å². The second kappa shape index (κ2) is 5.28. The number of H-pyrrole nitrogens is 1. The highest BCUT2D eigenvalue weighted by molar-refractivity contribution is 6.12. The Kier molecular flexibility index (Phi) is 3.02. The molecule has 0 bridgehead atoms. The number of aromatic nitrogens is 2. The first-order chi connectivity index (χ1) is 12.7. The van der Waals surface area contributed by atoms with Crippen molar-refractivity contribution in [1.29, 1.82) is 0 Å². The number of anilines is 1. The first-order valence-electron chi connectivity index (χ1n) is 8.36. The van der Waals surface area contributed by atoms with E-state index in [-0.39, 0.29) is 5.91 Å². The fourth-order valence-electron chi connectivity index (χ4n) is 3.71. The van der Waals surface area contributed by atoms with Gasteiger partial charge in [0.05, 0.1) is 5.52 Å². The molecule has 0 saturated carbocycles. The number of carbonyl (C=O) groups is 1. The van der Waals surface area contributed by atoms with E-state index in [0.29, 0.717) is 22.5 Å². The number of hydrogen-bond donors (Lipinski definition) is 2. The van der Waals surface area contributed by atoms with Gasteiger partial charge >= 0.3 is 0 Å². The molecule has 5 rings (SSSR count). The van der Waals surface area contributed by atoms with Crippen molar-refractivity contribution in [3.63, 3.8) is 0 Å². The van der Waals surface area contributed by atoms with Crippen molar-refractivity contribution in [3.8, 4) is 0 Å². The van der Waals surface area contributed by atoms with Crippen molar-refractivity contribution in [1.82, 2.24) is 10.2 Å². The Morgan fingerprint density at radius 1 is 0.885 bits per heavy atom. The average molecular weight is 341 g/mol. The van der Waals surface area contributed by atoms with E-state index in [0.717, 1.165) is 10.9 Å². The molecular formula is C21H15N3O2. The zero-order valence-corrected chi connectivity index (χ0v) is 13.8. The highest BCUT2D eigenvalue weighted by atomic mass is 16.3. The van der Waals surface area contributed by atoms with E-state index in [4.69, 9.17) is 0 Å². The molecule has 3 aromatic carbocycles. The summed E-state index contributed by atoms with van der Waals surface area (Å²) < 4.78 is 0. The Morgan fingerprint density at radius 3 is 2.42 bits per heavy atom. The molecule has 0 spiro atoms. The first kappa shape index (κ1) is 14.9. The van der Waals surface area contributed by atoms with E-state index in [1.165, 1.54) is 4.90 Å². The molecule has 1 atom stereocenters. The number of nitrogens with zero attached hydrogens (tertiary/aromatic N) is 2. The van der Waals surface area contributed by atoms with Gasteiger partial charge in [-0.1, -0.05) is 54.6 Å². The van der Waals surface area contributed by atoms with E-state index in [1.54, 1.807) is 18.2 Å². The van der Waals surface area contributed by atoms with E-state index in [1.807, 2.05) is 60.7 Å². The summed E-state index contributed by atoms with van der Waals surface area (Å²) in [4.78, 5) is 14.6. The summed E-state index contributed by atoms with van der Waals surface area (Å²) in [7, 11) is 0. The summed E-state index contributed by atoms with van der Waals surface area (Å²) >= 11 is 0. The highest BCUT2D eigenvalue weighted by Gasteiger charge is 2.52.